The van der Waals surface area contributed by atoms with E-state index in [0.717, 1.165) is 47.1 Å². The zero-order chi connectivity index (χ0) is 14.8. The summed E-state index contributed by atoms with van der Waals surface area (Å²) in [7, 11) is 0. The fourth-order valence-corrected chi connectivity index (χ4v) is 2.65. The van der Waals surface area contributed by atoms with Crippen LogP contribution in [0.25, 0.3) is 0 Å². The molecule has 0 amide bonds. The number of halogens is 3. The minimum absolute atomic E-state index is 0.420. The van der Waals surface area contributed by atoms with Crippen molar-refractivity contribution >= 4 is 11.5 Å². The largest absolute Gasteiger partial charge is 0.416 e. The smallest absolute Gasteiger partial charge is 0.320 e. The summed E-state index contributed by atoms with van der Waals surface area (Å²) in [5, 5.41) is 3.99. The van der Waals surface area contributed by atoms with Crippen molar-refractivity contribution in [2.24, 2.45) is 5.73 Å². The molecule has 20 heavy (non-hydrogen) atoms. The van der Waals surface area contributed by atoms with Gasteiger partial charge in [-0.25, -0.2) is 0 Å². The van der Waals surface area contributed by atoms with Gasteiger partial charge in [0.15, 0.2) is 0 Å². The molecular weight excluding hydrogens is 287 g/mol. The standard InChI is InChI=1S/C13H14F3N3S/c1-2-4-10-12(20-19-18-10)11(17)8-5-3-6-9(7-8)13(14,15)16/h3,5-7,11H,2,4,17H2,1H3. The average molecular weight is 301 g/mol. The second-order valence-corrected chi connectivity index (χ2v) is 5.22. The minimum Gasteiger partial charge on any atom is -0.320 e. The molecule has 0 aliphatic carbocycles. The van der Waals surface area contributed by atoms with Gasteiger partial charge >= 0.3 is 6.18 Å². The van der Waals surface area contributed by atoms with Crippen molar-refractivity contribution in [1.82, 2.24) is 9.59 Å². The van der Waals surface area contributed by atoms with E-state index in [4.69, 9.17) is 5.73 Å². The van der Waals surface area contributed by atoms with Crippen molar-refractivity contribution < 1.29 is 13.2 Å². The molecule has 1 aromatic heterocycles. The molecule has 7 heteroatoms. The quantitative estimate of drug-likeness (QED) is 0.939. The first kappa shape index (κ1) is 14.9. The van der Waals surface area contributed by atoms with Gasteiger partial charge in [-0.1, -0.05) is 30.0 Å². The normalized spacial score (nSPS) is 13.4. The molecule has 0 radical (unpaired) electrons. The number of alkyl halides is 3. The molecule has 1 aromatic carbocycles. The average Bonchev–Trinajstić information content (AvgIpc) is 2.86. The molecule has 3 nitrogen and oxygen atoms in total. The zero-order valence-corrected chi connectivity index (χ0v) is 11.6. The van der Waals surface area contributed by atoms with Crippen LogP contribution in [-0.4, -0.2) is 9.59 Å². The molecule has 1 atom stereocenters. The molecule has 2 aromatic rings. The Morgan fingerprint density at radius 3 is 2.75 bits per heavy atom. The molecule has 0 fully saturated rings. The lowest BCUT2D eigenvalue weighted by molar-refractivity contribution is -0.137. The van der Waals surface area contributed by atoms with Crippen molar-refractivity contribution in [2.75, 3.05) is 0 Å². The maximum absolute atomic E-state index is 12.7. The molecule has 0 spiro atoms. The Balaban J connectivity index is 2.33. The highest BCUT2D eigenvalue weighted by molar-refractivity contribution is 7.05. The van der Waals surface area contributed by atoms with Crippen LogP contribution in [0, 0.1) is 0 Å². The van der Waals surface area contributed by atoms with Gasteiger partial charge < -0.3 is 5.73 Å². The van der Waals surface area contributed by atoms with Gasteiger partial charge in [0.2, 0.25) is 0 Å². The van der Waals surface area contributed by atoms with Crippen LogP contribution in [0.1, 0.15) is 41.1 Å². The van der Waals surface area contributed by atoms with E-state index in [-0.39, 0.29) is 0 Å². The summed E-state index contributed by atoms with van der Waals surface area (Å²) in [6, 6.07) is 4.45. The zero-order valence-electron chi connectivity index (χ0n) is 10.8. The molecular formula is C13H14F3N3S. The number of aromatic nitrogens is 2. The first-order valence-corrected chi connectivity index (χ1v) is 6.94. The number of nitrogens with zero attached hydrogens (tertiary/aromatic N) is 2. The van der Waals surface area contributed by atoms with Crippen LogP contribution in [0.5, 0.6) is 0 Å². The van der Waals surface area contributed by atoms with E-state index < -0.39 is 17.8 Å². The monoisotopic (exact) mass is 301 g/mol. The fourth-order valence-electron chi connectivity index (χ4n) is 1.92. The lowest BCUT2D eigenvalue weighted by Gasteiger charge is -2.13. The third-order valence-corrected chi connectivity index (χ3v) is 3.78. The van der Waals surface area contributed by atoms with Gasteiger partial charge in [-0.05, 0) is 35.6 Å². The van der Waals surface area contributed by atoms with Crippen LogP contribution in [-0.2, 0) is 12.6 Å². The number of benzene rings is 1. The van der Waals surface area contributed by atoms with Gasteiger partial charge in [0, 0.05) is 0 Å². The van der Waals surface area contributed by atoms with E-state index in [1.165, 1.54) is 6.07 Å². The summed E-state index contributed by atoms with van der Waals surface area (Å²) < 4.78 is 42.0. The first-order chi connectivity index (χ1) is 9.43. The van der Waals surface area contributed by atoms with Gasteiger partial charge in [0.1, 0.15) is 0 Å². The summed E-state index contributed by atoms with van der Waals surface area (Å²) in [5.74, 6) is 0. The summed E-state index contributed by atoms with van der Waals surface area (Å²) >= 11 is 1.14. The van der Waals surface area contributed by atoms with E-state index in [1.807, 2.05) is 6.92 Å². The number of rotatable bonds is 4. The van der Waals surface area contributed by atoms with Crippen LogP contribution in [0.15, 0.2) is 24.3 Å². The predicted octanol–water partition coefficient (Wildman–Crippen LogP) is 3.56. The third-order valence-electron chi connectivity index (χ3n) is 2.93. The van der Waals surface area contributed by atoms with Crippen molar-refractivity contribution in [3.05, 3.63) is 46.0 Å². The van der Waals surface area contributed by atoms with Crippen molar-refractivity contribution in [2.45, 2.75) is 32.0 Å². The number of hydrogen-bond donors (Lipinski definition) is 1. The molecule has 108 valence electrons. The molecule has 0 saturated heterocycles. The molecule has 2 rings (SSSR count). The summed E-state index contributed by atoms with van der Waals surface area (Å²) in [5.41, 5.74) is 6.56. The lowest BCUT2D eigenvalue weighted by Crippen LogP contribution is -2.14. The second-order valence-electron chi connectivity index (χ2n) is 4.43. The Morgan fingerprint density at radius 1 is 1.35 bits per heavy atom. The maximum atomic E-state index is 12.7. The predicted molar refractivity (Wildman–Crippen MR) is 71.4 cm³/mol. The first-order valence-electron chi connectivity index (χ1n) is 6.17. The molecule has 1 unspecified atom stereocenters. The highest BCUT2D eigenvalue weighted by Gasteiger charge is 2.31. The van der Waals surface area contributed by atoms with E-state index in [0.29, 0.717) is 5.56 Å². The summed E-state index contributed by atoms with van der Waals surface area (Å²) in [6.45, 7) is 2.00. The molecule has 0 bridgehead atoms. The second kappa shape index (κ2) is 5.88. The Morgan fingerprint density at radius 2 is 2.10 bits per heavy atom. The molecule has 0 aliphatic heterocycles. The van der Waals surface area contributed by atoms with E-state index in [1.54, 1.807) is 6.07 Å². The fraction of sp³-hybridized carbons (Fsp3) is 0.385. The molecule has 1 heterocycles. The Hall–Kier alpha value is -1.47. The highest BCUT2D eigenvalue weighted by Crippen LogP contribution is 2.32. The van der Waals surface area contributed by atoms with Gasteiger partial charge in [0.25, 0.3) is 0 Å². The summed E-state index contributed by atoms with van der Waals surface area (Å²) in [4.78, 5) is 0.728. The Kier molecular flexibility index (Phi) is 4.39. The number of hydrogen-bond acceptors (Lipinski definition) is 4. The number of aryl methyl sites for hydroxylation is 1. The van der Waals surface area contributed by atoms with Gasteiger partial charge in [-0.2, -0.15) is 13.2 Å². The summed E-state index contributed by atoms with van der Waals surface area (Å²) in [6.07, 6.45) is -2.76. The molecule has 0 aliphatic rings. The van der Waals surface area contributed by atoms with Gasteiger partial charge in [0.05, 0.1) is 22.2 Å². The number of nitrogens with two attached hydrogens (primary N) is 1. The van der Waals surface area contributed by atoms with Gasteiger partial charge in [-0.15, -0.1) is 5.10 Å². The van der Waals surface area contributed by atoms with E-state index in [9.17, 15) is 13.2 Å². The maximum Gasteiger partial charge on any atom is 0.416 e. The minimum atomic E-state index is -4.37. The van der Waals surface area contributed by atoms with Crippen LogP contribution in [0.3, 0.4) is 0 Å². The van der Waals surface area contributed by atoms with Crippen molar-refractivity contribution in [3.8, 4) is 0 Å². The Bertz CT molecular complexity index is 580. The Labute approximate surface area is 118 Å². The SMILES string of the molecule is CCCc1nnsc1C(N)c1cccc(C(F)(F)F)c1. The van der Waals surface area contributed by atoms with E-state index >= 15 is 0 Å². The van der Waals surface area contributed by atoms with Crippen LogP contribution < -0.4 is 5.73 Å². The van der Waals surface area contributed by atoms with Crippen molar-refractivity contribution in [3.63, 3.8) is 0 Å². The molecule has 2 N–H and O–H groups in total. The highest BCUT2D eigenvalue weighted by atomic mass is 32.1. The van der Waals surface area contributed by atoms with Crippen molar-refractivity contribution in [1.29, 1.82) is 0 Å². The van der Waals surface area contributed by atoms with Crippen LogP contribution in [0.4, 0.5) is 13.2 Å². The third kappa shape index (κ3) is 3.16. The van der Waals surface area contributed by atoms with E-state index in [2.05, 4.69) is 9.59 Å². The topological polar surface area (TPSA) is 51.8 Å². The lowest BCUT2D eigenvalue weighted by atomic mass is 10.0. The van der Waals surface area contributed by atoms with Crippen LogP contribution >= 0.6 is 11.5 Å². The molecule has 0 saturated carbocycles. The van der Waals surface area contributed by atoms with Crippen LogP contribution in [0.2, 0.25) is 0 Å². The van der Waals surface area contributed by atoms with Gasteiger partial charge in [-0.3, -0.25) is 0 Å².